The minimum absolute atomic E-state index is 0.0338. The standard InChI is InChI=1S/C20H22N4O/c1-3-16-17-10-7-11-23(17)12-13-24(16)20(25)19-14(2)18(21-22-19)15-8-5-4-6-9-15/h4-11,16H,3,12-13H2,1-2H3,(H,21,22). The van der Waals surface area contributed by atoms with Gasteiger partial charge in [0.05, 0.1) is 11.7 Å². The van der Waals surface area contributed by atoms with E-state index in [4.69, 9.17) is 0 Å². The van der Waals surface area contributed by atoms with Crippen molar-refractivity contribution in [3.63, 3.8) is 0 Å². The van der Waals surface area contributed by atoms with Crippen molar-refractivity contribution in [3.05, 3.63) is 65.6 Å². The van der Waals surface area contributed by atoms with Crippen LogP contribution in [0, 0.1) is 6.92 Å². The summed E-state index contributed by atoms with van der Waals surface area (Å²) in [5.41, 5.74) is 4.58. The summed E-state index contributed by atoms with van der Waals surface area (Å²) >= 11 is 0. The number of H-pyrrole nitrogens is 1. The molecule has 0 bridgehead atoms. The minimum Gasteiger partial charge on any atom is -0.348 e. The summed E-state index contributed by atoms with van der Waals surface area (Å²) < 4.78 is 2.24. The van der Waals surface area contributed by atoms with Gasteiger partial charge in [-0.25, -0.2) is 0 Å². The molecule has 1 N–H and O–H groups in total. The first kappa shape index (κ1) is 15.7. The van der Waals surface area contributed by atoms with Crippen LogP contribution in [-0.2, 0) is 6.54 Å². The topological polar surface area (TPSA) is 53.9 Å². The zero-order chi connectivity index (χ0) is 17.4. The molecule has 0 saturated carbocycles. The van der Waals surface area contributed by atoms with E-state index in [1.54, 1.807) is 0 Å². The zero-order valence-corrected chi connectivity index (χ0v) is 14.6. The van der Waals surface area contributed by atoms with Crippen molar-refractivity contribution in [2.45, 2.75) is 32.9 Å². The molecule has 1 unspecified atom stereocenters. The van der Waals surface area contributed by atoms with E-state index in [0.717, 1.165) is 36.3 Å². The predicted octanol–water partition coefficient (Wildman–Crippen LogP) is 3.79. The van der Waals surface area contributed by atoms with Crippen molar-refractivity contribution in [2.24, 2.45) is 0 Å². The summed E-state index contributed by atoms with van der Waals surface area (Å²) in [6.07, 6.45) is 2.99. The molecule has 1 atom stereocenters. The number of hydrogen-bond acceptors (Lipinski definition) is 2. The fourth-order valence-electron chi connectivity index (χ4n) is 3.76. The van der Waals surface area contributed by atoms with Gasteiger partial charge in [0.25, 0.3) is 5.91 Å². The van der Waals surface area contributed by atoms with Crippen molar-refractivity contribution in [1.82, 2.24) is 19.7 Å². The van der Waals surface area contributed by atoms with Gasteiger partial charge in [-0.15, -0.1) is 0 Å². The first-order chi connectivity index (χ1) is 12.2. The SMILES string of the molecule is CCC1c2cccn2CCN1C(=O)c1[nH]nc(-c2ccccc2)c1C. The summed E-state index contributed by atoms with van der Waals surface area (Å²) in [4.78, 5) is 15.2. The van der Waals surface area contributed by atoms with Gasteiger partial charge in [-0.3, -0.25) is 9.89 Å². The molecule has 3 aromatic rings. The first-order valence-electron chi connectivity index (χ1n) is 8.77. The van der Waals surface area contributed by atoms with Crippen LogP contribution in [0.2, 0.25) is 0 Å². The van der Waals surface area contributed by atoms with E-state index in [1.807, 2.05) is 42.2 Å². The van der Waals surface area contributed by atoms with Gasteiger partial charge >= 0.3 is 0 Å². The largest absolute Gasteiger partial charge is 0.348 e. The molecule has 3 heterocycles. The summed E-state index contributed by atoms with van der Waals surface area (Å²) in [7, 11) is 0. The summed E-state index contributed by atoms with van der Waals surface area (Å²) in [5.74, 6) is 0.0338. The van der Waals surface area contributed by atoms with Crippen molar-refractivity contribution in [1.29, 1.82) is 0 Å². The third-order valence-corrected chi connectivity index (χ3v) is 5.08. The fourth-order valence-corrected chi connectivity index (χ4v) is 3.76. The highest BCUT2D eigenvalue weighted by molar-refractivity contribution is 5.95. The number of aromatic nitrogens is 3. The number of amides is 1. The van der Waals surface area contributed by atoms with Gasteiger partial charge in [0.15, 0.2) is 0 Å². The molecule has 0 spiro atoms. The third-order valence-electron chi connectivity index (χ3n) is 5.08. The second kappa shape index (κ2) is 6.24. The molecule has 0 saturated heterocycles. The number of aromatic amines is 1. The van der Waals surface area contributed by atoms with Crippen LogP contribution in [-0.4, -0.2) is 32.1 Å². The van der Waals surface area contributed by atoms with Gasteiger partial charge in [-0.05, 0) is 25.5 Å². The van der Waals surface area contributed by atoms with E-state index in [0.29, 0.717) is 5.69 Å². The number of rotatable bonds is 3. The number of hydrogen-bond donors (Lipinski definition) is 1. The molecule has 1 amide bonds. The second-order valence-corrected chi connectivity index (χ2v) is 6.49. The number of nitrogens with zero attached hydrogens (tertiary/aromatic N) is 3. The van der Waals surface area contributed by atoms with Crippen LogP contribution < -0.4 is 0 Å². The normalized spacial score (nSPS) is 16.7. The smallest absolute Gasteiger partial charge is 0.272 e. The van der Waals surface area contributed by atoms with E-state index < -0.39 is 0 Å². The molecule has 5 nitrogen and oxygen atoms in total. The third kappa shape index (κ3) is 2.56. The second-order valence-electron chi connectivity index (χ2n) is 6.49. The molecule has 1 aliphatic heterocycles. The number of carbonyl (C=O) groups excluding carboxylic acids is 1. The Kier molecular flexibility index (Phi) is 3.92. The monoisotopic (exact) mass is 334 g/mol. The lowest BCUT2D eigenvalue weighted by Crippen LogP contribution is -2.42. The van der Waals surface area contributed by atoms with Crippen molar-refractivity contribution in [3.8, 4) is 11.3 Å². The quantitative estimate of drug-likeness (QED) is 0.792. The maximum absolute atomic E-state index is 13.2. The van der Waals surface area contributed by atoms with Crippen LogP contribution in [0.1, 0.15) is 41.1 Å². The number of fused-ring (bicyclic) bond motifs is 1. The van der Waals surface area contributed by atoms with Crippen molar-refractivity contribution >= 4 is 5.91 Å². The maximum atomic E-state index is 13.2. The molecule has 2 aromatic heterocycles. The van der Waals surface area contributed by atoms with Crippen LogP contribution in [0.25, 0.3) is 11.3 Å². The number of carbonyl (C=O) groups is 1. The molecule has 1 aromatic carbocycles. The molecule has 25 heavy (non-hydrogen) atoms. The van der Waals surface area contributed by atoms with Crippen molar-refractivity contribution < 1.29 is 4.79 Å². The molecule has 4 rings (SSSR count). The van der Waals surface area contributed by atoms with E-state index >= 15 is 0 Å². The molecule has 128 valence electrons. The molecule has 0 aliphatic carbocycles. The van der Waals surface area contributed by atoms with Crippen LogP contribution in [0.3, 0.4) is 0 Å². The molecule has 1 aliphatic rings. The molecule has 5 heteroatoms. The van der Waals surface area contributed by atoms with Crippen LogP contribution in [0.15, 0.2) is 48.7 Å². The highest BCUT2D eigenvalue weighted by atomic mass is 16.2. The van der Waals surface area contributed by atoms with Gasteiger partial charge in [0.1, 0.15) is 5.69 Å². The lowest BCUT2D eigenvalue weighted by atomic mass is 10.0. The average molecular weight is 334 g/mol. The van der Waals surface area contributed by atoms with Crippen LogP contribution in [0.4, 0.5) is 0 Å². The molecule has 0 radical (unpaired) electrons. The van der Waals surface area contributed by atoms with Gasteiger partial charge in [0, 0.05) is 36.1 Å². The summed E-state index contributed by atoms with van der Waals surface area (Å²) in [6.45, 7) is 5.65. The Bertz CT molecular complexity index is 894. The van der Waals surface area contributed by atoms with E-state index in [1.165, 1.54) is 5.69 Å². The minimum atomic E-state index is 0.0338. The van der Waals surface area contributed by atoms with Crippen LogP contribution >= 0.6 is 0 Å². The Labute approximate surface area is 147 Å². The Balaban J connectivity index is 1.67. The predicted molar refractivity (Wildman–Crippen MR) is 97.3 cm³/mol. The lowest BCUT2D eigenvalue weighted by molar-refractivity contribution is 0.0611. The molecular weight excluding hydrogens is 312 g/mol. The molecular formula is C20H22N4O. The summed E-state index contributed by atoms with van der Waals surface area (Å²) in [6, 6.07) is 14.3. The fraction of sp³-hybridized carbons (Fsp3) is 0.300. The average Bonchev–Trinajstić information content (AvgIpc) is 3.27. The van der Waals surface area contributed by atoms with Gasteiger partial charge < -0.3 is 9.47 Å². The Morgan fingerprint density at radius 3 is 2.76 bits per heavy atom. The maximum Gasteiger partial charge on any atom is 0.272 e. The Morgan fingerprint density at radius 1 is 1.20 bits per heavy atom. The van der Waals surface area contributed by atoms with E-state index in [9.17, 15) is 4.79 Å². The number of nitrogens with one attached hydrogen (secondary N) is 1. The van der Waals surface area contributed by atoms with Gasteiger partial charge in [-0.2, -0.15) is 5.10 Å². The molecule has 0 fully saturated rings. The van der Waals surface area contributed by atoms with Gasteiger partial charge in [0.2, 0.25) is 0 Å². The lowest BCUT2D eigenvalue weighted by Gasteiger charge is -2.36. The van der Waals surface area contributed by atoms with Crippen LogP contribution in [0.5, 0.6) is 0 Å². The Hall–Kier alpha value is -2.82. The van der Waals surface area contributed by atoms with E-state index in [-0.39, 0.29) is 11.9 Å². The van der Waals surface area contributed by atoms with Gasteiger partial charge in [-0.1, -0.05) is 37.3 Å². The zero-order valence-electron chi connectivity index (χ0n) is 14.6. The first-order valence-corrected chi connectivity index (χ1v) is 8.77. The highest BCUT2D eigenvalue weighted by Gasteiger charge is 2.32. The summed E-state index contributed by atoms with van der Waals surface area (Å²) in [5, 5.41) is 7.39. The highest BCUT2D eigenvalue weighted by Crippen LogP contribution is 2.31. The number of benzene rings is 1. The Morgan fingerprint density at radius 2 is 2.00 bits per heavy atom. The van der Waals surface area contributed by atoms with E-state index in [2.05, 4.69) is 40.0 Å². The van der Waals surface area contributed by atoms with Crippen molar-refractivity contribution in [2.75, 3.05) is 6.54 Å².